The first kappa shape index (κ1) is 16.7. The minimum Gasteiger partial charge on any atom is -0.207 e. The van der Waals surface area contributed by atoms with Crippen molar-refractivity contribution in [1.82, 2.24) is 4.31 Å². The SMILES string of the molecule is O=S(=O)(c1ccc(Cl)c(Br)c1)N1CCCCCC1CBr. The number of alkyl halides is 1. The molecular formula is C13H16Br2ClNO2S. The molecule has 1 aromatic carbocycles. The van der Waals surface area contributed by atoms with E-state index in [4.69, 9.17) is 11.6 Å². The van der Waals surface area contributed by atoms with Gasteiger partial charge in [-0.25, -0.2) is 8.42 Å². The minimum absolute atomic E-state index is 0.0250. The molecular weight excluding hydrogens is 429 g/mol. The molecule has 1 fully saturated rings. The first-order valence-corrected chi connectivity index (χ1v) is 10.2. The van der Waals surface area contributed by atoms with Crippen LogP contribution in [0.15, 0.2) is 27.6 Å². The van der Waals surface area contributed by atoms with Gasteiger partial charge < -0.3 is 0 Å². The van der Waals surface area contributed by atoms with Crippen molar-refractivity contribution in [2.45, 2.75) is 36.6 Å². The largest absolute Gasteiger partial charge is 0.243 e. The van der Waals surface area contributed by atoms with Crippen LogP contribution in [0.1, 0.15) is 25.7 Å². The third kappa shape index (κ3) is 3.58. The lowest BCUT2D eigenvalue weighted by atomic mass is 10.1. The van der Waals surface area contributed by atoms with Crippen molar-refractivity contribution in [3.63, 3.8) is 0 Å². The predicted molar refractivity (Wildman–Crippen MR) is 89.1 cm³/mol. The molecule has 0 spiro atoms. The van der Waals surface area contributed by atoms with Crippen molar-refractivity contribution in [2.24, 2.45) is 0 Å². The monoisotopic (exact) mass is 443 g/mol. The first-order chi connectivity index (χ1) is 9.46. The molecule has 1 atom stereocenters. The van der Waals surface area contributed by atoms with E-state index >= 15 is 0 Å². The normalized spacial score (nSPS) is 21.6. The van der Waals surface area contributed by atoms with E-state index in [1.807, 2.05) is 0 Å². The van der Waals surface area contributed by atoms with Crippen LogP contribution in [0.4, 0.5) is 0 Å². The van der Waals surface area contributed by atoms with Crippen molar-refractivity contribution in [1.29, 1.82) is 0 Å². The summed E-state index contributed by atoms with van der Waals surface area (Å²) in [6, 6.07) is 4.78. The molecule has 1 heterocycles. The van der Waals surface area contributed by atoms with Gasteiger partial charge in [0, 0.05) is 22.4 Å². The lowest BCUT2D eigenvalue weighted by Gasteiger charge is -2.27. The van der Waals surface area contributed by atoms with Crippen LogP contribution >= 0.6 is 43.5 Å². The number of nitrogens with zero attached hydrogens (tertiary/aromatic N) is 1. The summed E-state index contributed by atoms with van der Waals surface area (Å²) in [6.07, 6.45) is 3.98. The van der Waals surface area contributed by atoms with E-state index in [-0.39, 0.29) is 6.04 Å². The van der Waals surface area contributed by atoms with Crippen LogP contribution in [-0.4, -0.2) is 30.6 Å². The van der Waals surface area contributed by atoms with Gasteiger partial charge in [-0.2, -0.15) is 4.31 Å². The van der Waals surface area contributed by atoms with Gasteiger partial charge in [0.2, 0.25) is 10.0 Å². The molecule has 20 heavy (non-hydrogen) atoms. The Labute approximate surface area is 142 Å². The Bertz CT molecular complexity index is 580. The van der Waals surface area contributed by atoms with E-state index in [1.54, 1.807) is 22.5 Å². The van der Waals surface area contributed by atoms with Crippen molar-refractivity contribution in [3.05, 3.63) is 27.7 Å². The number of hydrogen-bond donors (Lipinski definition) is 0. The molecule has 1 aliphatic rings. The fraction of sp³-hybridized carbons (Fsp3) is 0.538. The summed E-state index contributed by atoms with van der Waals surface area (Å²) >= 11 is 12.7. The molecule has 0 saturated carbocycles. The second-order valence-electron chi connectivity index (χ2n) is 4.85. The number of halogens is 3. The average molecular weight is 446 g/mol. The van der Waals surface area contributed by atoms with Crippen LogP contribution in [0.5, 0.6) is 0 Å². The maximum absolute atomic E-state index is 12.8. The molecule has 0 aliphatic carbocycles. The maximum Gasteiger partial charge on any atom is 0.243 e. The van der Waals surface area contributed by atoms with Gasteiger partial charge in [-0.05, 0) is 47.0 Å². The Hall–Kier alpha value is 0.380. The number of sulfonamides is 1. The van der Waals surface area contributed by atoms with Gasteiger partial charge in [0.1, 0.15) is 0 Å². The maximum atomic E-state index is 12.8. The van der Waals surface area contributed by atoms with E-state index in [0.29, 0.717) is 26.3 Å². The van der Waals surface area contributed by atoms with Gasteiger partial charge in [0.25, 0.3) is 0 Å². The second-order valence-corrected chi connectivity index (χ2v) is 8.65. The summed E-state index contributed by atoms with van der Waals surface area (Å²) in [7, 11) is -3.47. The summed E-state index contributed by atoms with van der Waals surface area (Å²) in [4.78, 5) is 0.293. The molecule has 7 heteroatoms. The van der Waals surface area contributed by atoms with Crippen LogP contribution in [0.2, 0.25) is 5.02 Å². The van der Waals surface area contributed by atoms with Crippen LogP contribution in [0.25, 0.3) is 0 Å². The third-order valence-electron chi connectivity index (χ3n) is 3.50. The Kier molecular flexibility index (Phi) is 5.94. The highest BCUT2D eigenvalue weighted by molar-refractivity contribution is 9.10. The van der Waals surface area contributed by atoms with Crippen molar-refractivity contribution < 1.29 is 8.42 Å². The first-order valence-electron chi connectivity index (χ1n) is 6.49. The van der Waals surface area contributed by atoms with Crippen molar-refractivity contribution in [3.8, 4) is 0 Å². The standard InChI is InChI=1S/C13H16Br2ClNO2S/c14-9-10-4-2-1-3-7-17(10)20(18,19)11-5-6-13(16)12(15)8-11/h5-6,8,10H,1-4,7,9H2. The minimum atomic E-state index is -3.47. The smallest absolute Gasteiger partial charge is 0.207 e. The van der Waals surface area contributed by atoms with Gasteiger partial charge in [-0.15, -0.1) is 0 Å². The molecule has 1 aromatic rings. The predicted octanol–water partition coefficient (Wildman–Crippen LogP) is 4.43. The van der Waals surface area contributed by atoms with Crippen molar-refractivity contribution in [2.75, 3.05) is 11.9 Å². The van der Waals surface area contributed by atoms with Crippen molar-refractivity contribution >= 4 is 53.5 Å². The van der Waals surface area contributed by atoms with Crippen LogP contribution in [0, 0.1) is 0 Å². The van der Waals surface area contributed by atoms with Gasteiger partial charge in [0.15, 0.2) is 0 Å². The van der Waals surface area contributed by atoms with Gasteiger partial charge in [-0.1, -0.05) is 40.4 Å². The molecule has 112 valence electrons. The zero-order chi connectivity index (χ0) is 14.8. The van der Waals surface area contributed by atoms with Gasteiger partial charge in [0.05, 0.1) is 9.92 Å². The molecule has 0 aromatic heterocycles. The molecule has 0 radical (unpaired) electrons. The van der Waals surface area contributed by atoms with E-state index in [9.17, 15) is 8.42 Å². The highest BCUT2D eigenvalue weighted by Crippen LogP contribution is 2.30. The van der Waals surface area contributed by atoms with E-state index in [2.05, 4.69) is 31.9 Å². The Morgan fingerprint density at radius 3 is 2.70 bits per heavy atom. The number of benzene rings is 1. The van der Waals surface area contributed by atoms with Crippen LogP contribution in [-0.2, 0) is 10.0 Å². The summed E-state index contributed by atoms with van der Waals surface area (Å²) in [6.45, 7) is 0.582. The fourth-order valence-electron chi connectivity index (χ4n) is 2.39. The zero-order valence-corrected chi connectivity index (χ0v) is 15.6. The van der Waals surface area contributed by atoms with Crippen LogP contribution in [0.3, 0.4) is 0 Å². The lowest BCUT2D eigenvalue weighted by molar-refractivity contribution is 0.347. The Morgan fingerprint density at radius 1 is 1.30 bits per heavy atom. The molecule has 1 unspecified atom stereocenters. The van der Waals surface area contributed by atoms with Gasteiger partial charge in [-0.3, -0.25) is 0 Å². The summed E-state index contributed by atoms with van der Waals surface area (Å²) in [5, 5.41) is 1.18. The van der Waals surface area contributed by atoms with Gasteiger partial charge >= 0.3 is 0 Å². The second kappa shape index (κ2) is 7.09. The van der Waals surface area contributed by atoms with E-state index < -0.39 is 10.0 Å². The lowest BCUT2D eigenvalue weighted by Crippen LogP contribution is -2.40. The summed E-state index contributed by atoms with van der Waals surface area (Å²) < 4.78 is 27.9. The fourth-order valence-corrected chi connectivity index (χ4v) is 5.63. The Balaban J connectivity index is 2.38. The third-order valence-corrected chi connectivity index (χ3v) is 7.41. The molecule has 0 amide bonds. The number of hydrogen-bond acceptors (Lipinski definition) is 2. The summed E-state index contributed by atoms with van der Waals surface area (Å²) in [5.74, 6) is 0. The highest BCUT2D eigenvalue weighted by atomic mass is 79.9. The van der Waals surface area contributed by atoms with E-state index in [0.717, 1.165) is 25.7 Å². The van der Waals surface area contributed by atoms with Crippen LogP contribution < -0.4 is 0 Å². The molecule has 0 N–H and O–H groups in total. The molecule has 3 nitrogen and oxygen atoms in total. The Morgan fingerprint density at radius 2 is 2.05 bits per heavy atom. The highest BCUT2D eigenvalue weighted by Gasteiger charge is 2.32. The topological polar surface area (TPSA) is 37.4 Å². The van der Waals surface area contributed by atoms with E-state index in [1.165, 1.54) is 0 Å². The molecule has 1 aliphatic heterocycles. The molecule has 0 bridgehead atoms. The molecule has 1 saturated heterocycles. The molecule has 2 rings (SSSR count). The average Bonchev–Trinajstić information content (AvgIpc) is 2.67. The quantitative estimate of drug-likeness (QED) is 0.646. The zero-order valence-electron chi connectivity index (χ0n) is 10.9. The number of rotatable bonds is 3. The summed E-state index contributed by atoms with van der Waals surface area (Å²) in [5.41, 5.74) is 0.